The molecule has 0 unspecified atom stereocenters. The summed E-state index contributed by atoms with van der Waals surface area (Å²) >= 11 is 18.1. The van der Waals surface area contributed by atoms with Gasteiger partial charge in [-0.05, 0) is 23.8 Å². The minimum absolute atomic E-state index is 0.204. The van der Waals surface area contributed by atoms with Crippen molar-refractivity contribution >= 4 is 45.7 Å². The average Bonchev–Trinajstić information content (AvgIpc) is 2.44. The maximum atomic E-state index is 12.5. The third-order valence-electron chi connectivity index (χ3n) is 3.14. The number of fused-ring (bicyclic) bond motifs is 1. The van der Waals surface area contributed by atoms with Crippen LogP contribution >= 0.6 is 34.8 Å². The van der Waals surface area contributed by atoms with E-state index in [-0.39, 0.29) is 5.56 Å². The summed E-state index contributed by atoms with van der Waals surface area (Å²) in [5, 5.41) is 1.76. The summed E-state index contributed by atoms with van der Waals surface area (Å²) in [7, 11) is 0. The van der Waals surface area contributed by atoms with Crippen LogP contribution in [0.5, 0.6) is 0 Å². The van der Waals surface area contributed by atoms with Crippen LogP contribution in [0.3, 0.4) is 0 Å². The van der Waals surface area contributed by atoms with Crippen LogP contribution in [0.4, 0.5) is 0 Å². The molecule has 0 aliphatic carbocycles. The summed E-state index contributed by atoms with van der Waals surface area (Å²) in [5.41, 5.74) is 1.08. The molecular formula is C15H9Cl3N2O. The molecule has 0 saturated carbocycles. The second-order valence-corrected chi connectivity index (χ2v) is 5.80. The fourth-order valence-corrected chi connectivity index (χ4v) is 2.86. The summed E-state index contributed by atoms with van der Waals surface area (Å²) in [4.78, 5) is 16.7. The van der Waals surface area contributed by atoms with Crippen LogP contribution < -0.4 is 5.56 Å². The Kier molecular flexibility index (Phi) is 3.89. The van der Waals surface area contributed by atoms with E-state index in [0.717, 1.165) is 5.56 Å². The highest BCUT2D eigenvalue weighted by Crippen LogP contribution is 2.24. The van der Waals surface area contributed by atoms with E-state index in [1.807, 2.05) is 18.2 Å². The number of rotatable bonds is 2. The van der Waals surface area contributed by atoms with Gasteiger partial charge in [-0.15, -0.1) is 0 Å². The molecule has 0 spiro atoms. The van der Waals surface area contributed by atoms with Crippen molar-refractivity contribution in [3.05, 3.63) is 73.7 Å². The topological polar surface area (TPSA) is 34.9 Å². The normalized spacial score (nSPS) is 11.0. The smallest absolute Gasteiger partial charge is 0.261 e. The molecule has 2 aromatic carbocycles. The van der Waals surface area contributed by atoms with E-state index >= 15 is 0 Å². The van der Waals surface area contributed by atoms with Gasteiger partial charge < -0.3 is 0 Å². The number of hydrogen-bond donors (Lipinski definition) is 0. The highest BCUT2D eigenvalue weighted by atomic mass is 35.5. The number of benzene rings is 2. The van der Waals surface area contributed by atoms with Gasteiger partial charge in [-0.3, -0.25) is 9.36 Å². The van der Waals surface area contributed by atoms with Gasteiger partial charge in [0.1, 0.15) is 0 Å². The first kappa shape index (κ1) is 14.4. The van der Waals surface area contributed by atoms with Crippen molar-refractivity contribution in [2.75, 3.05) is 0 Å². The molecule has 21 heavy (non-hydrogen) atoms. The lowest BCUT2D eigenvalue weighted by Gasteiger charge is -2.09. The minimum atomic E-state index is -0.204. The standard InChI is InChI=1S/C15H9Cl3N2O/c16-10-5-11-14(13(18)6-10)19-8-20(15(11)21)7-9-3-1-2-4-12(9)17/h1-6,8H,7H2. The molecule has 1 aromatic heterocycles. The zero-order valence-corrected chi connectivity index (χ0v) is 13.0. The van der Waals surface area contributed by atoms with E-state index < -0.39 is 0 Å². The van der Waals surface area contributed by atoms with E-state index in [4.69, 9.17) is 34.8 Å². The Labute approximate surface area is 135 Å². The summed E-state index contributed by atoms with van der Waals surface area (Å²) in [6, 6.07) is 10.5. The number of aromatic nitrogens is 2. The zero-order chi connectivity index (χ0) is 15.0. The molecule has 6 heteroatoms. The molecule has 3 rings (SSSR count). The highest BCUT2D eigenvalue weighted by Gasteiger charge is 2.10. The summed E-state index contributed by atoms with van der Waals surface area (Å²) < 4.78 is 1.48. The Hall–Kier alpha value is -1.55. The summed E-state index contributed by atoms with van der Waals surface area (Å²) in [6.07, 6.45) is 1.47. The van der Waals surface area contributed by atoms with Gasteiger partial charge in [0, 0.05) is 10.0 Å². The Bertz CT molecular complexity index is 890. The molecule has 0 saturated heterocycles. The van der Waals surface area contributed by atoms with Gasteiger partial charge >= 0.3 is 0 Å². The molecule has 0 aliphatic heterocycles. The van der Waals surface area contributed by atoms with Crippen molar-refractivity contribution in [2.24, 2.45) is 0 Å². The SMILES string of the molecule is O=c1c2cc(Cl)cc(Cl)c2ncn1Cc1ccccc1Cl. The predicted molar refractivity (Wildman–Crippen MR) is 86.6 cm³/mol. The Morgan fingerprint density at radius 2 is 1.81 bits per heavy atom. The van der Waals surface area contributed by atoms with Gasteiger partial charge in [-0.1, -0.05) is 53.0 Å². The lowest BCUT2D eigenvalue weighted by atomic mass is 10.2. The van der Waals surface area contributed by atoms with Crippen LogP contribution in [-0.2, 0) is 6.54 Å². The van der Waals surface area contributed by atoms with Gasteiger partial charge in [0.15, 0.2) is 0 Å². The number of nitrogens with zero attached hydrogens (tertiary/aromatic N) is 2. The minimum Gasteiger partial charge on any atom is -0.294 e. The van der Waals surface area contributed by atoms with Crippen molar-refractivity contribution in [3.63, 3.8) is 0 Å². The molecule has 106 valence electrons. The third-order valence-corrected chi connectivity index (χ3v) is 4.02. The molecule has 0 atom stereocenters. The van der Waals surface area contributed by atoms with Crippen LogP contribution in [0, 0.1) is 0 Å². The van der Waals surface area contributed by atoms with Gasteiger partial charge in [-0.2, -0.15) is 0 Å². The van der Waals surface area contributed by atoms with Crippen molar-refractivity contribution in [2.45, 2.75) is 6.54 Å². The van der Waals surface area contributed by atoms with Crippen LogP contribution in [0.1, 0.15) is 5.56 Å². The molecule has 0 amide bonds. The van der Waals surface area contributed by atoms with E-state index in [1.165, 1.54) is 10.9 Å². The second kappa shape index (κ2) is 5.68. The van der Waals surface area contributed by atoms with Gasteiger partial charge in [0.25, 0.3) is 5.56 Å². The maximum Gasteiger partial charge on any atom is 0.261 e. The lowest BCUT2D eigenvalue weighted by Crippen LogP contribution is -2.21. The maximum absolute atomic E-state index is 12.5. The first-order chi connectivity index (χ1) is 10.1. The van der Waals surface area contributed by atoms with Crippen molar-refractivity contribution in [1.29, 1.82) is 0 Å². The molecular weight excluding hydrogens is 331 g/mol. The van der Waals surface area contributed by atoms with E-state index in [2.05, 4.69) is 4.98 Å². The molecule has 0 bridgehead atoms. The number of hydrogen-bond acceptors (Lipinski definition) is 2. The van der Waals surface area contributed by atoms with Crippen LogP contribution in [0.25, 0.3) is 10.9 Å². The van der Waals surface area contributed by atoms with Crippen molar-refractivity contribution in [1.82, 2.24) is 9.55 Å². The molecule has 1 heterocycles. The Morgan fingerprint density at radius 3 is 2.57 bits per heavy atom. The van der Waals surface area contributed by atoms with Gasteiger partial charge in [-0.25, -0.2) is 4.98 Å². The molecule has 3 aromatic rings. The number of halogens is 3. The summed E-state index contributed by atoms with van der Waals surface area (Å²) in [5.74, 6) is 0. The van der Waals surface area contributed by atoms with Crippen LogP contribution in [0.15, 0.2) is 47.5 Å². The van der Waals surface area contributed by atoms with E-state index in [1.54, 1.807) is 18.2 Å². The van der Waals surface area contributed by atoms with Crippen LogP contribution in [0.2, 0.25) is 15.1 Å². The highest BCUT2D eigenvalue weighted by molar-refractivity contribution is 6.38. The first-order valence-electron chi connectivity index (χ1n) is 6.14. The van der Waals surface area contributed by atoms with Gasteiger partial charge in [0.05, 0.1) is 28.8 Å². The van der Waals surface area contributed by atoms with Gasteiger partial charge in [0.2, 0.25) is 0 Å². The van der Waals surface area contributed by atoms with Crippen molar-refractivity contribution < 1.29 is 0 Å². The first-order valence-corrected chi connectivity index (χ1v) is 7.27. The van der Waals surface area contributed by atoms with E-state index in [0.29, 0.717) is 32.5 Å². The molecule has 3 nitrogen and oxygen atoms in total. The van der Waals surface area contributed by atoms with Crippen LogP contribution in [-0.4, -0.2) is 9.55 Å². The second-order valence-electron chi connectivity index (χ2n) is 4.55. The van der Waals surface area contributed by atoms with E-state index in [9.17, 15) is 4.79 Å². The average molecular weight is 340 g/mol. The quantitative estimate of drug-likeness (QED) is 0.693. The zero-order valence-electron chi connectivity index (χ0n) is 10.7. The molecule has 0 N–H and O–H groups in total. The monoisotopic (exact) mass is 338 g/mol. The Balaban J connectivity index is 2.15. The molecule has 0 fully saturated rings. The lowest BCUT2D eigenvalue weighted by molar-refractivity contribution is 0.748. The molecule has 0 aliphatic rings. The summed E-state index contributed by atoms with van der Waals surface area (Å²) in [6.45, 7) is 0.339. The molecule has 0 radical (unpaired) electrons. The fourth-order valence-electron chi connectivity index (χ4n) is 2.12. The van der Waals surface area contributed by atoms with Crippen molar-refractivity contribution in [3.8, 4) is 0 Å². The largest absolute Gasteiger partial charge is 0.294 e. The Morgan fingerprint density at radius 1 is 1.05 bits per heavy atom. The fraction of sp³-hybridized carbons (Fsp3) is 0.0667. The predicted octanol–water partition coefficient (Wildman–Crippen LogP) is 4.41. The third kappa shape index (κ3) is 2.77.